The van der Waals surface area contributed by atoms with Crippen molar-refractivity contribution in [1.29, 1.82) is 0 Å². The fourth-order valence-electron chi connectivity index (χ4n) is 8.99. The zero-order chi connectivity index (χ0) is 50.0. The molecule has 0 rings (SSSR count). The van der Waals surface area contributed by atoms with Gasteiger partial charge >= 0.3 is 0 Å². The van der Waals surface area contributed by atoms with Crippen LogP contribution in [0.15, 0.2) is 24.3 Å². The Morgan fingerprint density at radius 2 is 0.507 bits per heavy atom. The van der Waals surface area contributed by atoms with E-state index in [0.29, 0.717) is 0 Å². The maximum atomic E-state index is 6.21. The number of hydrogen-bond donors (Lipinski definition) is 0. The van der Waals surface area contributed by atoms with E-state index < -0.39 is 12.6 Å². The first-order valence-electron chi connectivity index (χ1n) is 30.7. The Labute approximate surface area is 431 Å². The molecule has 0 heterocycles. The zero-order valence-electron chi connectivity index (χ0n) is 47.4. The molecule has 7 nitrogen and oxygen atoms in total. The summed E-state index contributed by atoms with van der Waals surface area (Å²) in [7, 11) is 3.41. The molecule has 0 aromatic rings. The quantitative estimate of drug-likeness (QED) is 0.0342. The highest BCUT2D eigenvalue weighted by Crippen LogP contribution is 2.18. The summed E-state index contributed by atoms with van der Waals surface area (Å²) in [4.78, 5) is 0. The molecule has 0 aliphatic heterocycles. The van der Waals surface area contributed by atoms with E-state index in [1.54, 1.807) is 14.2 Å². The van der Waals surface area contributed by atoms with Crippen LogP contribution < -0.4 is 0 Å². The number of hydrogen-bond acceptors (Lipinski definition) is 7. The first kappa shape index (κ1) is 68.2. The minimum Gasteiger partial charge on any atom is -0.353 e. The van der Waals surface area contributed by atoms with Crippen molar-refractivity contribution in [3.8, 4) is 0 Å². The van der Waals surface area contributed by atoms with Crippen molar-refractivity contribution in [1.82, 2.24) is 0 Å². The summed E-state index contributed by atoms with van der Waals surface area (Å²) >= 11 is 0. The van der Waals surface area contributed by atoms with Crippen molar-refractivity contribution >= 4 is 0 Å². The minimum absolute atomic E-state index is 0.00234. The zero-order valence-corrected chi connectivity index (χ0v) is 47.4. The van der Waals surface area contributed by atoms with Crippen LogP contribution in [-0.4, -0.2) is 65.8 Å². The highest BCUT2D eigenvalue weighted by Gasteiger charge is 2.12. The summed E-state index contributed by atoms with van der Waals surface area (Å²) in [6.45, 7) is 12.5. The van der Waals surface area contributed by atoms with E-state index in [0.717, 1.165) is 52.1 Å². The highest BCUT2D eigenvalue weighted by molar-refractivity contribution is 4.89. The van der Waals surface area contributed by atoms with Crippen molar-refractivity contribution in [2.45, 2.75) is 335 Å². The van der Waals surface area contributed by atoms with Gasteiger partial charge in [-0.1, -0.05) is 245 Å². The molecule has 0 aromatic heterocycles. The van der Waals surface area contributed by atoms with Gasteiger partial charge in [0.25, 0.3) is 0 Å². The van der Waals surface area contributed by atoms with Crippen molar-refractivity contribution in [2.24, 2.45) is 0 Å². The standard InChI is InChI=1S/C62H122O7/c1-7-11-15-39-47-55-65-61(66-56-48-40-16-12-8-2)53-45-37-33-29-25-21-19-23-27-31-35-43-51-59(63-5)69-60(64-6)52-44-36-32-28-24-20-22-26-30-34-38-46-54-62(67-57-49-41-17-13-9-3)68-58-50-42-18-14-10-4/h43-44,51-52,59-62H,7-42,45-50,53-58H2,1-6H3. The fourth-order valence-corrected chi connectivity index (χ4v) is 8.99. The van der Waals surface area contributed by atoms with Crippen molar-refractivity contribution in [3.63, 3.8) is 0 Å². The molecule has 0 bridgehead atoms. The molecule has 69 heavy (non-hydrogen) atoms. The molecule has 0 amide bonds. The third kappa shape index (κ3) is 53.3. The van der Waals surface area contributed by atoms with E-state index >= 15 is 0 Å². The number of methoxy groups -OCH3 is 2. The first-order chi connectivity index (χ1) is 34.1. The van der Waals surface area contributed by atoms with Gasteiger partial charge in [-0.05, 0) is 89.2 Å². The van der Waals surface area contributed by atoms with E-state index in [4.69, 9.17) is 33.2 Å². The van der Waals surface area contributed by atoms with E-state index in [1.165, 1.54) is 257 Å². The molecular formula is C62H122O7. The molecular weight excluding hydrogens is 857 g/mol. The third-order valence-electron chi connectivity index (χ3n) is 13.6. The SMILES string of the molecule is CCCCCCCOC(CCCCCCCCCCCCC=CC(OC)OC(C=CCCCCCCCCCCCCC(OCCCCCCC)OCCCCCCC)OC)OCCCCCCC. The Hall–Kier alpha value is -0.800. The van der Waals surface area contributed by atoms with Gasteiger partial charge in [-0.3, -0.25) is 0 Å². The van der Waals surface area contributed by atoms with Crippen LogP contribution in [0, 0.1) is 0 Å². The average Bonchev–Trinajstić information content (AvgIpc) is 3.36. The molecule has 0 fully saturated rings. The van der Waals surface area contributed by atoms with Crippen LogP contribution in [0.3, 0.4) is 0 Å². The first-order valence-corrected chi connectivity index (χ1v) is 30.7. The molecule has 0 N–H and O–H groups in total. The summed E-state index contributed by atoms with van der Waals surface area (Å²) in [5, 5.41) is 0. The fraction of sp³-hybridized carbons (Fsp3) is 0.935. The van der Waals surface area contributed by atoms with Gasteiger partial charge in [0.1, 0.15) is 0 Å². The van der Waals surface area contributed by atoms with Crippen LogP contribution in [0.5, 0.6) is 0 Å². The Kier molecular flexibility index (Phi) is 59.1. The van der Waals surface area contributed by atoms with Crippen molar-refractivity contribution in [3.05, 3.63) is 24.3 Å². The Balaban J connectivity index is 3.95. The van der Waals surface area contributed by atoms with Crippen LogP contribution >= 0.6 is 0 Å². The summed E-state index contributed by atoms with van der Waals surface area (Å²) in [6.07, 6.45) is 63.8. The monoisotopic (exact) mass is 979 g/mol. The number of allylic oxidation sites excluding steroid dienone is 2. The smallest absolute Gasteiger partial charge is 0.179 e. The second kappa shape index (κ2) is 59.8. The lowest BCUT2D eigenvalue weighted by Crippen LogP contribution is -2.22. The van der Waals surface area contributed by atoms with Gasteiger partial charge in [-0.15, -0.1) is 0 Å². The summed E-state index contributed by atoms with van der Waals surface area (Å²) < 4.78 is 42.1. The molecule has 0 aliphatic carbocycles. The van der Waals surface area contributed by atoms with Crippen LogP contribution in [0.4, 0.5) is 0 Å². The summed E-state index contributed by atoms with van der Waals surface area (Å²) in [5.41, 5.74) is 0. The molecule has 2 unspecified atom stereocenters. The highest BCUT2D eigenvalue weighted by atomic mass is 16.8. The van der Waals surface area contributed by atoms with Gasteiger partial charge in [0.05, 0.1) is 0 Å². The lowest BCUT2D eigenvalue weighted by atomic mass is 10.0. The number of rotatable bonds is 60. The molecule has 2 atom stereocenters. The lowest BCUT2D eigenvalue weighted by Gasteiger charge is -2.19. The number of ether oxygens (including phenoxy) is 7. The van der Waals surface area contributed by atoms with E-state index in [-0.39, 0.29) is 12.6 Å². The largest absolute Gasteiger partial charge is 0.353 e. The normalized spacial score (nSPS) is 13.1. The predicted molar refractivity (Wildman–Crippen MR) is 298 cm³/mol. The second-order valence-corrected chi connectivity index (χ2v) is 20.4. The number of unbranched alkanes of at least 4 members (excludes halogenated alkanes) is 36. The topological polar surface area (TPSA) is 64.6 Å². The lowest BCUT2D eigenvalue weighted by molar-refractivity contribution is -0.188. The average molecular weight is 980 g/mol. The molecule has 0 aromatic carbocycles. The van der Waals surface area contributed by atoms with Crippen LogP contribution in [-0.2, 0) is 33.2 Å². The van der Waals surface area contributed by atoms with Gasteiger partial charge in [0.15, 0.2) is 25.2 Å². The Morgan fingerprint density at radius 1 is 0.275 bits per heavy atom. The molecule has 0 saturated carbocycles. The molecule has 0 radical (unpaired) electrons. The van der Waals surface area contributed by atoms with Gasteiger partial charge in [0, 0.05) is 40.6 Å². The maximum absolute atomic E-state index is 6.21. The molecule has 412 valence electrons. The van der Waals surface area contributed by atoms with Crippen molar-refractivity contribution in [2.75, 3.05) is 40.6 Å². The third-order valence-corrected chi connectivity index (χ3v) is 13.6. The van der Waals surface area contributed by atoms with Gasteiger partial charge in [0.2, 0.25) is 0 Å². The van der Waals surface area contributed by atoms with E-state index in [9.17, 15) is 0 Å². The Bertz CT molecular complexity index is 882. The van der Waals surface area contributed by atoms with Gasteiger partial charge in [-0.25, -0.2) is 0 Å². The van der Waals surface area contributed by atoms with Crippen LogP contribution in [0.2, 0.25) is 0 Å². The Morgan fingerprint density at radius 3 is 0.768 bits per heavy atom. The minimum atomic E-state index is -0.393. The summed E-state index contributed by atoms with van der Waals surface area (Å²) in [6, 6.07) is 0. The molecule has 0 saturated heterocycles. The second-order valence-electron chi connectivity index (χ2n) is 20.4. The van der Waals surface area contributed by atoms with Gasteiger partial charge < -0.3 is 33.2 Å². The van der Waals surface area contributed by atoms with Crippen LogP contribution in [0.25, 0.3) is 0 Å². The van der Waals surface area contributed by atoms with E-state index in [2.05, 4.69) is 39.8 Å². The maximum Gasteiger partial charge on any atom is 0.179 e. The summed E-state index contributed by atoms with van der Waals surface area (Å²) in [5.74, 6) is 0. The van der Waals surface area contributed by atoms with E-state index in [1.807, 2.05) is 12.2 Å². The van der Waals surface area contributed by atoms with Crippen LogP contribution in [0.1, 0.15) is 310 Å². The molecule has 0 aliphatic rings. The van der Waals surface area contributed by atoms with Crippen molar-refractivity contribution < 1.29 is 33.2 Å². The molecule has 0 spiro atoms. The predicted octanol–water partition coefficient (Wildman–Crippen LogP) is 20.0. The molecule has 7 heteroatoms. The van der Waals surface area contributed by atoms with Gasteiger partial charge in [-0.2, -0.15) is 0 Å².